The van der Waals surface area contributed by atoms with Crippen LogP contribution in [0.25, 0.3) is 21.5 Å². The lowest BCUT2D eigenvalue weighted by Crippen LogP contribution is -2.42. The molecule has 3 amide bonds. The number of rotatable bonds is 4. The molecule has 4 aromatic rings. The molecule has 2 heterocycles. The summed E-state index contributed by atoms with van der Waals surface area (Å²) in [6, 6.07) is 24.6. The number of hydrogen-bond acceptors (Lipinski definition) is 4. The van der Waals surface area contributed by atoms with Crippen molar-refractivity contribution in [2.24, 2.45) is 0 Å². The average molecular weight is 441 g/mol. The van der Waals surface area contributed by atoms with Crippen molar-refractivity contribution in [1.82, 2.24) is 15.6 Å². The van der Waals surface area contributed by atoms with Crippen molar-refractivity contribution in [3.8, 4) is 0 Å². The number of anilines is 1. The first-order valence-corrected chi connectivity index (χ1v) is 11.0. The van der Waals surface area contributed by atoms with Crippen LogP contribution in [0.2, 0.25) is 0 Å². The van der Waals surface area contributed by atoms with Gasteiger partial charge < -0.3 is 16.0 Å². The number of thiazole rings is 1. The van der Waals surface area contributed by atoms with Crippen LogP contribution >= 0.6 is 11.3 Å². The molecule has 6 nitrogen and oxygen atoms in total. The predicted octanol–water partition coefficient (Wildman–Crippen LogP) is 5.18. The Kier molecular flexibility index (Phi) is 5.17. The molecule has 3 N–H and O–H groups in total. The first-order valence-electron chi connectivity index (χ1n) is 10.2. The zero-order valence-corrected chi connectivity index (χ0v) is 18.1. The Morgan fingerprint density at radius 1 is 0.969 bits per heavy atom. The Morgan fingerprint density at radius 2 is 1.69 bits per heavy atom. The van der Waals surface area contributed by atoms with E-state index in [9.17, 15) is 9.59 Å². The van der Waals surface area contributed by atoms with E-state index >= 15 is 0 Å². The van der Waals surface area contributed by atoms with Gasteiger partial charge >= 0.3 is 6.03 Å². The van der Waals surface area contributed by atoms with Crippen molar-refractivity contribution in [2.45, 2.75) is 13.0 Å². The normalized spacial score (nSPS) is 15.9. The number of aromatic nitrogens is 1. The third kappa shape index (κ3) is 3.86. The van der Waals surface area contributed by atoms with E-state index < -0.39 is 6.04 Å². The van der Waals surface area contributed by atoms with Crippen LogP contribution < -0.4 is 16.0 Å². The minimum absolute atomic E-state index is 0.130. The maximum Gasteiger partial charge on any atom is 0.320 e. The van der Waals surface area contributed by atoms with E-state index in [0.717, 1.165) is 37.6 Å². The first kappa shape index (κ1) is 20.0. The van der Waals surface area contributed by atoms with Gasteiger partial charge in [-0.05, 0) is 35.4 Å². The van der Waals surface area contributed by atoms with Crippen LogP contribution in [0.1, 0.15) is 29.1 Å². The third-order valence-electron chi connectivity index (χ3n) is 5.22. The number of para-hydroxylation sites is 1. The molecule has 1 aliphatic rings. The molecule has 3 aromatic carbocycles. The molecule has 32 heavy (non-hydrogen) atoms. The highest BCUT2D eigenvalue weighted by Crippen LogP contribution is 2.41. The lowest BCUT2D eigenvalue weighted by Gasteiger charge is -2.30. The monoisotopic (exact) mass is 440 g/mol. The molecule has 0 fully saturated rings. The maximum absolute atomic E-state index is 12.7. The number of urea groups is 1. The summed E-state index contributed by atoms with van der Waals surface area (Å²) in [5.74, 6) is -0.130. The number of hydrogen-bond donors (Lipinski definition) is 3. The van der Waals surface area contributed by atoms with E-state index in [0.29, 0.717) is 5.69 Å². The highest BCUT2D eigenvalue weighted by molar-refractivity contribution is 7.19. The van der Waals surface area contributed by atoms with E-state index in [1.165, 1.54) is 6.92 Å². The van der Waals surface area contributed by atoms with Gasteiger partial charge in [-0.25, -0.2) is 9.78 Å². The van der Waals surface area contributed by atoms with Gasteiger partial charge in [0.1, 0.15) is 5.01 Å². The van der Waals surface area contributed by atoms with Gasteiger partial charge in [0, 0.05) is 18.2 Å². The summed E-state index contributed by atoms with van der Waals surface area (Å²) in [5.41, 5.74) is 5.08. The fourth-order valence-electron chi connectivity index (χ4n) is 3.83. The van der Waals surface area contributed by atoms with Gasteiger partial charge in [0.05, 0.1) is 22.0 Å². The number of nitrogens with zero attached hydrogens (tertiary/aromatic N) is 1. The van der Waals surface area contributed by atoms with Crippen molar-refractivity contribution < 1.29 is 9.59 Å². The van der Waals surface area contributed by atoms with E-state index in [4.69, 9.17) is 4.98 Å². The Labute approximate surface area is 189 Å². The Morgan fingerprint density at radius 3 is 2.41 bits per heavy atom. The van der Waals surface area contributed by atoms with Crippen molar-refractivity contribution in [3.05, 3.63) is 95.0 Å². The summed E-state index contributed by atoms with van der Waals surface area (Å²) in [7, 11) is 0. The number of benzene rings is 3. The van der Waals surface area contributed by atoms with Crippen molar-refractivity contribution in [1.29, 1.82) is 0 Å². The maximum atomic E-state index is 12.7. The molecule has 1 atom stereocenters. The quantitative estimate of drug-likeness (QED) is 0.409. The molecule has 1 unspecified atom stereocenters. The van der Waals surface area contributed by atoms with E-state index in [2.05, 4.69) is 16.0 Å². The van der Waals surface area contributed by atoms with E-state index in [1.54, 1.807) is 11.3 Å². The fourth-order valence-corrected chi connectivity index (χ4v) is 4.87. The molecular formula is C25H20N4O2S. The van der Waals surface area contributed by atoms with Crippen LogP contribution in [-0.4, -0.2) is 16.9 Å². The zero-order chi connectivity index (χ0) is 22.1. The largest absolute Gasteiger partial charge is 0.327 e. The smallest absolute Gasteiger partial charge is 0.320 e. The molecule has 7 heteroatoms. The van der Waals surface area contributed by atoms with Crippen LogP contribution in [0.3, 0.4) is 0 Å². The molecule has 0 spiro atoms. The lowest BCUT2D eigenvalue weighted by atomic mass is 9.93. The summed E-state index contributed by atoms with van der Waals surface area (Å²) in [4.78, 5) is 28.9. The molecule has 0 radical (unpaired) electrons. The molecule has 1 aromatic heterocycles. The number of carbonyl (C=O) groups excluding carboxylic acids is 2. The minimum atomic E-state index is -0.397. The molecule has 5 rings (SSSR count). The number of amides is 3. The molecule has 0 saturated carbocycles. The Hall–Kier alpha value is -3.97. The van der Waals surface area contributed by atoms with Crippen LogP contribution in [0.4, 0.5) is 10.5 Å². The van der Waals surface area contributed by atoms with Gasteiger partial charge in [0.15, 0.2) is 0 Å². The summed E-state index contributed by atoms with van der Waals surface area (Å²) < 4.78 is 1.08. The van der Waals surface area contributed by atoms with Crippen LogP contribution in [-0.2, 0) is 4.79 Å². The molecular weight excluding hydrogens is 420 g/mol. The first-order chi connectivity index (χ1) is 15.6. The average Bonchev–Trinajstić information content (AvgIpc) is 3.23. The van der Waals surface area contributed by atoms with Gasteiger partial charge in [-0.2, -0.15) is 0 Å². The van der Waals surface area contributed by atoms with Gasteiger partial charge in [-0.15, -0.1) is 11.3 Å². The molecule has 0 bridgehead atoms. The van der Waals surface area contributed by atoms with E-state index in [-0.39, 0.29) is 11.9 Å². The second-order valence-electron chi connectivity index (χ2n) is 7.48. The Balaban J connectivity index is 1.68. The second kappa shape index (κ2) is 8.28. The molecule has 0 aliphatic carbocycles. The van der Waals surface area contributed by atoms with Crippen LogP contribution in [0.5, 0.6) is 0 Å². The topological polar surface area (TPSA) is 83.1 Å². The standard InChI is InChI=1S/C25H20N4O2S/c1-15(30)26-18-13-11-17(12-14-18)23-21(24-27-19-9-5-6-10-20(19)32-24)22(28-25(31)29-23)16-7-3-2-4-8-16/h2-14,23H,1H3,(H,26,30)(H2,28,29,31). The lowest BCUT2D eigenvalue weighted by molar-refractivity contribution is -0.114. The molecule has 1 aliphatic heterocycles. The fraction of sp³-hybridized carbons (Fsp3) is 0.0800. The minimum Gasteiger partial charge on any atom is -0.327 e. The van der Waals surface area contributed by atoms with Gasteiger partial charge in [-0.1, -0.05) is 54.6 Å². The summed E-state index contributed by atoms with van der Waals surface area (Å²) in [6.07, 6.45) is 0. The SMILES string of the molecule is CC(=O)Nc1ccc(C2NC(=O)NC(c3ccccc3)=C2c2nc3ccccc3s2)cc1. The van der Waals surface area contributed by atoms with Gasteiger partial charge in [0.25, 0.3) is 0 Å². The number of nitrogens with one attached hydrogen (secondary N) is 3. The Bertz CT molecular complexity index is 1310. The second-order valence-corrected chi connectivity index (χ2v) is 8.51. The van der Waals surface area contributed by atoms with Crippen molar-refractivity contribution in [2.75, 3.05) is 5.32 Å². The third-order valence-corrected chi connectivity index (χ3v) is 6.29. The predicted molar refractivity (Wildman–Crippen MR) is 128 cm³/mol. The van der Waals surface area contributed by atoms with E-state index in [1.807, 2.05) is 78.9 Å². The highest BCUT2D eigenvalue weighted by Gasteiger charge is 2.32. The van der Waals surface area contributed by atoms with Crippen LogP contribution in [0.15, 0.2) is 78.9 Å². The number of fused-ring (bicyclic) bond motifs is 1. The van der Waals surface area contributed by atoms with Gasteiger partial charge in [0.2, 0.25) is 5.91 Å². The van der Waals surface area contributed by atoms with Crippen molar-refractivity contribution >= 4 is 50.4 Å². The zero-order valence-electron chi connectivity index (χ0n) is 17.3. The summed E-state index contributed by atoms with van der Waals surface area (Å²) >= 11 is 1.60. The summed E-state index contributed by atoms with van der Waals surface area (Å²) in [6.45, 7) is 1.47. The summed E-state index contributed by atoms with van der Waals surface area (Å²) in [5, 5.41) is 9.68. The van der Waals surface area contributed by atoms with Crippen LogP contribution in [0, 0.1) is 0 Å². The molecule has 158 valence electrons. The van der Waals surface area contributed by atoms with Gasteiger partial charge in [-0.3, -0.25) is 4.79 Å². The number of carbonyl (C=O) groups is 2. The van der Waals surface area contributed by atoms with Crippen molar-refractivity contribution in [3.63, 3.8) is 0 Å². The molecule has 0 saturated heterocycles. The highest BCUT2D eigenvalue weighted by atomic mass is 32.1.